The molecule has 1 aliphatic rings. The summed E-state index contributed by atoms with van der Waals surface area (Å²) in [6, 6.07) is 1.03. The normalized spacial score (nSPS) is 14.7. The summed E-state index contributed by atoms with van der Waals surface area (Å²) in [5, 5.41) is 0. The number of anilines is 1. The SMILES string of the molecule is COC(=O)C1=C(C(=O)OC)N(c2cc(F)cc(F)c2F)COC1. The Morgan fingerprint density at radius 1 is 1.13 bits per heavy atom. The van der Waals surface area contributed by atoms with Gasteiger partial charge in [-0.25, -0.2) is 22.8 Å². The molecule has 0 aromatic heterocycles. The Labute approximate surface area is 129 Å². The van der Waals surface area contributed by atoms with E-state index in [0.717, 1.165) is 19.1 Å². The number of halogens is 3. The second-order valence-corrected chi connectivity index (χ2v) is 4.44. The minimum absolute atomic E-state index is 0.255. The number of carbonyl (C=O) groups is 2. The minimum Gasteiger partial charge on any atom is -0.466 e. The molecule has 2 rings (SSSR count). The van der Waals surface area contributed by atoms with Crippen LogP contribution >= 0.6 is 0 Å². The zero-order valence-electron chi connectivity index (χ0n) is 12.2. The van der Waals surface area contributed by atoms with Crippen LogP contribution in [0.4, 0.5) is 18.9 Å². The molecule has 1 aromatic rings. The lowest BCUT2D eigenvalue weighted by molar-refractivity contribution is -0.140. The Hall–Kier alpha value is -2.55. The van der Waals surface area contributed by atoms with Crippen molar-refractivity contribution in [2.45, 2.75) is 0 Å². The molecular weight excluding hydrogens is 319 g/mol. The van der Waals surface area contributed by atoms with Crippen LogP contribution in [0.2, 0.25) is 0 Å². The average Bonchev–Trinajstić information content (AvgIpc) is 2.55. The third-order valence-electron chi connectivity index (χ3n) is 3.10. The molecule has 0 atom stereocenters. The van der Waals surface area contributed by atoms with Crippen LogP contribution in [0.1, 0.15) is 0 Å². The molecule has 1 heterocycles. The number of rotatable bonds is 3. The van der Waals surface area contributed by atoms with Gasteiger partial charge in [-0.1, -0.05) is 0 Å². The van der Waals surface area contributed by atoms with Crippen LogP contribution in [0.15, 0.2) is 23.4 Å². The lowest BCUT2D eigenvalue weighted by Gasteiger charge is -2.31. The first-order chi connectivity index (χ1) is 10.9. The number of esters is 2. The van der Waals surface area contributed by atoms with Crippen molar-refractivity contribution in [2.75, 3.05) is 32.5 Å². The zero-order chi connectivity index (χ0) is 17.1. The van der Waals surface area contributed by atoms with Gasteiger partial charge in [-0.2, -0.15) is 0 Å². The van der Waals surface area contributed by atoms with E-state index in [1.807, 2.05) is 0 Å². The highest BCUT2D eigenvalue weighted by Gasteiger charge is 2.34. The number of carbonyl (C=O) groups excluding carboxylic acids is 2. The van der Waals surface area contributed by atoms with Gasteiger partial charge in [-0.15, -0.1) is 0 Å². The number of nitrogens with zero attached hydrogens (tertiary/aromatic N) is 1. The van der Waals surface area contributed by atoms with Gasteiger partial charge in [0.15, 0.2) is 11.6 Å². The molecule has 0 radical (unpaired) electrons. The predicted molar refractivity (Wildman–Crippen MR) is 70.7 cm³/mol. The second kappa shape index (κ2) is 6.69. The molecule has 1 aliphatic heterocycles. The van der Waals surface area contributed by atoms with Crippen LogP contribution in [0.3, 0.4) is 0 Å². The first-order valence-corrected chi connectivity index (χ1v) is 6.30. The van der Waals surface area contributed by atoms with E-state index in [0.29, 0.717) is 12.1 Å². The number of hydrogen-bond acceptors (Lipinski definition) is 6. The van der Waals surface area contributed by atoms with Gasteiger partial charge in [0, 0.05) is 12.1 Å². The summed E-state index contributed by atoms with van der Waals surface area (Å²) in [4.78, 5) is 24.5. The van der Waals surface area contributed by atoms with Crippen LogP contribution in [0.25, 0.3) is 0 Å². The van der Waals surface area contributed by atoms with Crippen LogP contribution in [0.5, 0.6) is 0 Å². The third kappa shape index (κ3) is 3.14. The molecule has 23 heavy (non-hydrogen) atoms. The summed E-state index contributed by atoms with van der Waals surface area (Å²) in [7, 11) is 2.12. The summed E-state index contributed by atoms with van der Waals surface area (Å²) in [5.41, 5.74) is -1.27. The van der Waals surface area contributed by atoms with Crippen molar-refractivity contribution in [1.82, 2.24) is 0 Å². The van der Waals surface area contributed by atoms with Gasteiger partial charge in [0.05, 0.1) is 32.1 Å². The Morgan fingerprint density at radius 3 is 2.39 bits per heavy atom. The topological polar surface area (TPSA) is 65.1 Å². The standard InChI is InChI=1S/C14H12F3NO5/c1-21-13(19)8-5-23-6-18(12(8)14(20)22-2)10-4-7(15)3-9(16)11(10)17/h3-4H,5-6H2,1-2H3. The van der Waals surface area contributed by atoms with Crippen molar-refractivity contribution in [3.05, 3.63) is 40.9 Å². The Morgan fingerprint density at radius 2 is 1.78 bits per heavy atom. The highest BCUT2D eigenvalue weighted by atomic mass is 19.2. The molecule has 0 saturated heterocycles. The highest BCUT2D eigenvalue weighted by Crippen LogP contribution is 2.30. The van der Waals surface area contributed by atoms with Gasteiger partial charge >= 0.3 is 11.9 Å². The van der Waals surface area contributed by atoms with Gasteiger partial charge in [0.1, 0.15) is 18.2 Å². The summed E-state index contributed by atoms with van der Waals surface area (Å²) < 4.78 is 55.0. The molecule has 1 aromatic carbocycles. The maximum atomic E-state index is 14.0. The molecule has 9 heteroatoms. The maximum Gasteiger partial charge on any atom is 0.355 e. The molecule has 0 spiro atoms. The van der Waals surface area contributed by atoms with E-state index >= 15 is 0 Å². The van der Waals surface area contributed by atoms with Crippen molar-refractivity contribution >= 4 is 17.6 Å². The maximum absolute atomic E-state index is 14.0. The van der Waals surface area contributed by atoms with E-state index in [-0.39, 0.29) is 12.2 Å². The van der Waals surface area contributed by atoms with Crippen LogP contribution in [-0.4, -0.2) is 39.5 Å². The molecule has 0 amide bonds. The van der Waals surface area contributed by atoms with E-state index in [2.05, 4.69) is 9.47 Å². The summed E-state index contributed by atoms with van der Waals surface area (Å²) in [6.07, 6.45) is 0. The smallest absolute Gasteiger partial charge is 0.355 e. The molecule has 0 bridgehead atoms. The summed E-state index contributed by atoms with van der Waals surface area (Å²) in [5.74, 6) is -5.82. The number of ether oxygens (including phenoxy) is 3. The van der Waals surface area contributed by atoms with E-state index in [4.69, 9.17) is 4.74 Å². The highest BCUT2D eigenvalue weighted by molar-refractivity contribution is 6.03. The van der Waals surface area contributed by atoms with Crippen molar-refractivity contribution in [3.63, 3.8) is 0 Å². The van der Waals surface area contributed by atoms with Crippen LogP contribution in [0, 0.1) is 17.5 Å². The molecule has 124 valence electrons. The average molecular weight is 331 g/mol. The van der Waals surface area contributed by atoms with Crippen molar-refractivity contribution in [1.29, 1.82) is 0 Å². The third-order valence-corrected chi connectivity index (χ3v) is 3.10. The van der Waals surface area contributed by atoms with Crippen LogP contribution in [-0.2, 0) is 23.8 Å². The summed E-state index contributed by atoms with van der Waals surface area (Å²) in [6.45, 7) is -0.711. The molecule has 6 nitrogen and oxygen atoms in total. The first kappa shape index (κ1) is 16.8. The summed E-state index contributed by atoms with van der Waals surface area (Å²) >= 11 is 0. The molecule has 0 unspecified atom stereocenters. The zero-order valence-corrected chi connectivity index (χ0v) is 12.2. The number of hydrogen-bond donors (Lipinski definition) is 0. The van der Waals surface area contributed by atoms with Crippen molar-refractivity contribution < 1.29 is 37.0 Å². The molecule has 0 saturated carbocycles. The second-order valence-electron chi connectivity index (χ2n) is 4.44. The quantitative estimate of drug-likeness (QED) is 0.618. The monoisotopic (exact) mass is 331 g/mol. The van der Waals surface area contributed by atoms with Gasteiger partial charge in [-0.3, -0.25) is 0 Å². The van der Waals surface area contributed by atoms with Crippen molar-refractivity contribution in [3.8, 4) is 0 Å². The van der Waals surface area contributed by atoms with Gasteiger partial charge in [-0.05, 0) is 0 Å². The number of benzene rings is 1. The van der Waals surface area contributed by atoms with Crippen molar-refractivity contribution in [2.24, 2.45) is 0 Å². The van der Waals surface area contributed by atoms with E-state index in [1.165, 1.54) is 0 Å². The largest absolute Gasteiger partial charge is 0.466 e. The van der Waals surface area contributed by atoms with Gasteiger partial charge in [0.2, 0.25) is 0 Å². The van der Waals surface area contributed by atoms with E-state index in [9.17, 15) is 22.8 Å². The predicted octanol–water partition coefficient (Wildman–Crippen LogP) is 1.50. The molecular formula is C14H12F3NO5. The van der Waals surface area contributed by atoms with Gasteiger partial charge in [0.25, 0.3) is 0 Å². The fourth-order valence-corrected chi connectivity index (χ4v) is 2.07. The lowest BCUT2D eigenvalue weighted by Crippen LogP contribution is -2.39. The Bertz CT molecular complexity index is 689. The van der Waals surface area contributed by atoms with Gasteiger partial charge < -0.3 is 19.1 Å². The number of methoxy groups -OCH3 is 2. The Kier molecular flexibility index (Phi) is 4.89. The first-order valence-electron chi connectivity index (χ1n) is 6.30. The van der Waals surface area contributed by atoms with Crippen LogP contribution < -0.4 is 4.90 Å². The van der Waals surface area contributed by atoms with E-state index < -0.39 is 47.5 Å². The molecule has 0 fully saturated rings. The molecule has 0 aliphatic carbocycles. The van der Waals surface area contributed by atoms with E-state index in [1.54, 1.807) is 0 Å². The fourth-order valence-electron chi connectivity index (χ4n) is 2.07. The molecule has 0 N–H and O–H groups in total. The minimum atomic E-state index is -1.45. The fraction of sp³-hybridized carbons (Fsp3) is 0.286. The lowest BCUT2D eigenvalue weighted by atomic mass is 10.1. The Balaban J connectivity index is 2.65.